The van der Waals surface area contributed by atoms with Crippen LogP contribution in [0.3, 0.4) is 0 Å². The van der Waals surface area contributed by atoms with Gasteiger partial charge in [0.25, 0.3) is 0 Å². The van der Waals surface area contributed by atoms with Gasteiger partial charge in [-0.3, -0.25) is 0 Å². The van der Waals surface area contributed by atoms with Crippen molar-refractivity contribution in [1.82, 2.24) is 9.97 Å². The summed E-state index contributed by atoms with van der Waals surface area (Å²) in [5, 5.41) is 3.15. The lowest BCUT2D eigenvalue weighted by Gasteiger charge is -2.10. The van der Waals surface area contributed by atoms with Gasteiger partial charge in [-0.15, -0.1) is 0 Å². The van der Waals surface area contributed by atoms with Crippen LogP contribution in [0.1, 0.15) is 0 Å². The zero-order valence-corrected chi connectivity index (χ0v) is 11.6. The van der Waals surface area contributed by atoms with Gasteiger partial charge in [-0.05, 0) is 15.9 Å². The molecule has 0 aliphatic carbocycles. The van der Waals surface area contributed by atoms with Crippen molar-refractivity contribution < 1.29 is 9.47 Å². The second kappa shape index (κ2) is 5.68. The van der Waals surface area contributed by atoms with E-state index in [1.165, 1.54) is 6.33 Å². The first-order valence-corrected chi connectivity index (χ1v) is 5.98. The number of hydrogen-bond donors (Lipinski definition) is 1. The summed E-state index contributed by atoms with van der Waals surface area (Å²) in [4.78, 5) is 8.08. The SMILES string of the molecule is COc1cc(Nc2cc(Br)ncn2)cc(OC)c1. The third-order valence-corrected chi connectivity index (χ3v) is 2.69. The molecule has 0 aliphatic heterocycles. The number of anilines is 2. The monoisotopic (exact) mass is 309 g/mol. The first-order valence-electron chi connectivity index (χ1n) is 5.19. The fraction of sp³-hybridized carbons (Fsp3) is 0.167. The van der Waals surface area contributed by atoms with Gasteiger partial charge in [-0.2, -0.15) is 0 Å². The highest BCUT2D eigenvalue weighted by atomic mass is 79.9. The Kier molecular flexibility index (Phi) is 3.99. The molecule has 0 saturated heterocycles. The number of nitrogens with one attached hydrogen (secondary N) is 1. The molecule has 6 heteroatoms. The molecule has 2 rings (SSSR count). The van der Waals surface area contributed by atoms with Crippen molar-refractivity contribution in [2.75, 3.05) is 19.5 Å². The topological polar surface area (TPSA) is 56.3 Å². The molecule has 0 saturated carbocycles. The second-order valence-corrected chi connectivity index (χ2v) is 4.26. The van der Waals surface area contributed by atoms with Crippen LogP contribution in [0.2, 0.25) is 0 Å². The highest BCUT2D eigenvalue weighted by Gasteiger charge is 2.03. The van der Waals surface area contributed by atoms with Crippen molar-refractivity contribution in [3.8, 4) is 11.5 Å². The van der Waals surface area contributed by atoms with Crippen LogP contribution >= 0.6 is 15.9 Å². The number of methoxy groups -OCH3 is 2. The van der Waals surface area contributed by atoms with Gasteiger partial charge in [0.2, 0.25) is 0 Å². The lowest BCUT2D eigenvalue weighted by Crippen LogP contribution is -1.96. The predicted octanol–water partition coefficient (Wildman–Crippen LogP) is 3.00. The number of rotatable bonds is 4. The van der Waals surface area contributed by atoms with E-state index < -0.39 is 0 Å². The average Bonchev–Trinajstić information content (AvgIpc) is 2.38. The van der Waals surface area contributed by atoms with Gasteiger partial charge in [-0.25, -0.2) is 9.97 Å². The molecule has 0 amide bonds. The molecule has 1 N–H and O–H groups in total. The molecule has 1 heterocycles. The number of aromatic nitrogens is 2. The average molecular weight is 310 g/mol. The van der Waals surface area contributed by atoms with Crippen molar-refractivity contribution in [3.63, 3.8) is 0 Å². The van der Waals surface area contributed by atoms with Gasteiger partial charge in [0.05, 0.1) is 14.2 Å². The van der Waals surface area contributed by atoms with E-state index in [9.17, 15) is 0 Å². The molecule has 1 aromatic carbocycles. The summed E-state index contributed by atoms with van der Waals surface area (Å²) in [6.07, 6.45) is 1.48. The molecular formula is C12H12BrN3O2. The highest BCUT2D eigenvalue weighted by molar-refractivity contribution is 9.10. The fourth-order valence-electron chi connectivity index (χ4n) is 1.43. The molecule has 5 nitrogen and oxygen atoms in total. The summed E-state index contributed by atoms with van der Waals surface area (Å²) in [5.74, 6) is 2.11. The van der Waals surface area contributed by atoms with Crippen LogP contribution in [-0.2, 0) is 0 Å². The van der Waals surface area contributed by atoms with E-state index in [2.05, 4.69) is 31.2 Å². The van der Waals surface area contributed by atoms with Crippen molar-refractivity contribution in [2.24, 2.45) is 0 Å². The van der Waals surface area contributed by atoms with Crippen LogP contribution in [0.15, 0.2) is 35.2 Å². The molecular weight excluding hydrogens is 298 g/mol. The zero-order valence-electron chi connectivity index (χ0n) is 9.98. The predicted molar refractivity (Wildman–Crippen MR) is 72.6 cm³/mol. The van der Waals surface area contributed by atoms with Gasteiger partial charge in [0.15, 0.2) is 0 Å². The van der Waals surface area contributed by atoms with Gasteiger partial charge in [-0.1, -0.05) is 0 Å². The molecule has 0 atom stereocenters. The summed E-state index contributed by atoms with van der Waals surface area (Å²) >= 11 is 3.29. The van der Waals surface area contributed by atoms with Crippen LogP contribution in [0.25, 0.3) is 0 Å². The maximum atomic E-state index is 5.20. The van der Waals surface area contributed by atoms with Gasteiger partial charge in [0.1, 0.15) is 28.2 Å². The Morgan fingerprint density at radius 1 is 1.00 bits per heavy atom. The van der Waals surface area contributed by atoms with E-state index in [4.69, 9.17) is 9.47 Å². The van der Waals surface area contributed by atoms with Crippen LogP contribution in [0, 0.1) is 0 Å². The van der Waals surface area contributed by atoms with Gasteiger partial charge < -0.3 is 14.8 Å². The number of ether oxygens (including phenoxy) is 2. The van der Waals surface area contributed by atoms with Crippen LogP contribution in [-0.4, -0.2) is 24.2 Å². The Morgan fingerprint density at radius 2 is 1.67 bits per heavy atom. The maximum absolute atomic E-state index is 5.20. The van der Waals surface area contributed by atoms with Gasteiger partial charge in [0, 0.05) is 30.0 Å². The minimum atomic E-state index is 0.687. The third-order valence-electron chi connectivity index (χ3n) is 2.26. The zero-order chi connectivity index (χ0) is 13.0. The van der Waals surface area contributed by atoms with Crippen molar-refractivity contribution in [1.29, 1.82) is 0 Å². The van der Waals surface area contributed by atoms with E-state index in [1.54, 1.807) is 26.4 Å². The minimum Gasteiger partial charge on any atom is -0.497 e. The molecule has 0 radical (unpaired) electrons. The van der Waals surface area contributed by atoms with Crippen molar-refractivity contribution in [2.45, 2.75) is 0 Å². The van der Waals surface area contributed by atoms with Crippen LogP contribution in [0.4, 0.5) is 11.5 Å². The molecule has 0 spiro atoms. The van der Waals surface area contributed by atoms with Crippen molar-refractivity contribution in [3.05, 3.63) is 35.2 Å². The quantitative estimate of drug-likeness (QED) is 0.880. The number of benzene rings is 1. The number of nitrogens with zero attached hydrogens (tertiary/aromatic N) is 2. The van der Waals surface area contributed by atoms with E-state index in [0.717, 1.165) is 10.3 Å². The Balaban J connectivity index is 2.28. The Hall–Kier alpha value is -1.82. The number of hydrogen-bond acceptors (Lipinski definition) is 5. The summed E-state index contributed by atoms with van der Waals surface area (Å²) in [5.41, 5.74) is 0.830. The molecule has 1 aromatic heterocycles. The van der Waals surface area contributed by atoms with Crippen LogP contribution < -0.4 is 14.8 Å². The molecule has 0 unspecified atom stereocenters. The Bertz CT molecular complexity index is 526. The molecule has 0 bridgehead atoms. The van der Waals surface area contributed by atoms with E-state index in [1.807, 2.05) is 12.1 Å². The van der Waals surface area contributed by atoms with E-state index >= 15 is 0 Å². The standard InChI is InChI=1S/C12H12BrN3O2/c1-17-9-3-8(4-10(5-9)18-2)16-12-6-11(13)14-7-15-12/h3-7H,1-2H3,(H,14,15,16). The maximum Gasteiger partial charge on any atom is 0.134 e. The van der Waals surface area contributed by atoms with E-state index in [0.29, 0.717) is 17.3 Å². The second-order valence-electron chi connectivity index (χ2n) is 3.45. The fourth-order valence-corrected chi connectivity index (χ4v) is 1.74. The lowest BCUT2D eigenvalue weighted by atomic mass is 10.2. The number of halogens is 1. The minimum absolute atomic E-state index is 0.687. The lowest BCUT2D eigenvalue weighted by molar-refractivity contribution is 0.395. The molecule has 0 aliphatic rings. The van der Waals surface area contributed by atoms with Crippen LogP contribution in [0.5, 0.6) is 11.5 Å². The summed E-state index contributed by atoms with van der Waals surface area (Å²) in [6.45, 7) is 0. The Labute approximate surface area is 113 Å². The summed E-state index contributed by atoms with van der Waals surface area (Å²) in [7, 11) is 3.22. The van der Waals surface area contributed by atoms with Crippen molar-refractivity contribution >= 4 is 27.4 Å². The molecule has 0 fully saturated rings. The molecule has 94 valence electrons. The third kappa shape index (κ3) is 3.10. The van der Waals surface area contributed by atoms with E-state index in [-0.39, 0.29) is 0 Å². The van der Waals surface area contributed by atoms with Gasteiger partial charge >= 0.3 is 0 Å². The molecule has 18 heavy (non-hydrogen) atoms. The Morgan fingerprint density at radius 3 is 2.22 bits per heavy atom. The largest absolute Gasteiger partial charge is 0.497 e. The normalized spacial score (nSPS) is 9.94. The summed E-state index contributed by atoms with van der Waals surface area (Å²) < 4.78 is 11.1. The highest BCUT2D eigenvalue weighted by Crippen LogP contribution is 2.27. The molecule has 2 aromatic rings. The smallest absolute Gasteiger partial charge is 0.134 e. The summed E-state index contributed by atoms with van der Waals surface area (Å²) in [6, 6.07) is 7.31. The first-order chi connectivity index (χ1) is 8.71. The first kappa shape index (κ1) is 12.6.